The van der Waals surface area contributed by atoms with Gasteiger partial charge in [0.25, 0.3) is 5.91 Å². The zero-order valence-electron chi connectivity index (χ0n) is 12.4. The normalized spacial score (nSPS) is 15.5. The summed E-state index contributed by atoms with van der Waals surface area (Å²) in [7, 11) is 0. The molecular weight excluding hydrogens is 329 g/mol. The molecule has 4 nitrogen and oxygen atoms in total. The van der Waals surface area contributed by atoms with Crippen LogP contribution in [0.3, 0.4) is 0 Å². The maximum Gasteiger partial charge on any atom is 0.263 e. The van der Waals surface area contributed by atoms with Crippen LogP contribution in [0.1, 0.15) is 53.9 Å². The van der Waals surface area contributed by atoms with Crippen LogP contribution >= 0.6 is 36.2 Å². The summed E-state index contributed by atoms with van der Waals surface area (Å²) in [5.41, 5.74) is 2.54. The summed E-state index contributed by atoms with van der Waals surface area (Å²) in [5, 5.41) is 6.50. The fourth-order valence-corrected chi connectivity index (χ4v) is 3.25. The van der Waals surface area contributed by atoms with Crippen LogP contribution in [0.2, 0.25) is 0 Å². The van der Waals surface area contributed by atoms with Crippen LogP contribution in [-0.2, 0) is 0 Å². The Kier molecular flexibility index (Phi) is 11.0. The molecular formula is C14H25Cl2N3OS. The van der Waals surface area contributed by atoms with Gasteiger partial charge in [0.05, 0.1) is 11.2 Å². The number of nitrogens with one attached hydrogen (secondary N) is 2. The third kappa shape index (κ3) is 6.96. The summed E-state index contributed by atoms with van der Waals surface area (Å²) in [6, 6.07) is 0.643. The second-order valence-corrected chi connectivity index (χ2v) is 6.02. The lowest BCUT2D eigenvalue weighted by Gasteiger charge is -2.16. The van der Waals surface area contributed by atoms with E-state index >= 15 is 0 Å². The van der Waals surface area contributed by atoms with Gasteiger partial charge in [0.2, 0.25) is 0 Å². The van der Waals surface area contributed by atoms with Gasteiger partial charge in [0.15, 0.2) is 0 Å². The number of halogens is 2. The van der Waals surface area contributed by atoms with Crippen molar-refractivity contribution in [2.75, 3.05) is 13.1 Å². The van der Waals surface area contributed by atoms with Crippen LogP contribution in [0.4, 0.5) is 0 Å². The van der Waals surface area contributed by atoms with E-state index in [1.54, 1.807) is 5.51 Å². The molecule has 21 heavy (non-hydrogen) atoms. The van der Waals surface area contributed by atoms with Gasteiger partial charge in [-0.25, -0.2) is 4.98 Å². The second kappa shape index (κ2) is 11.2. The number of aryl methyl sites for hydroxylation is 1. The number of carbonyl (C=O) groups is 1. The Hall–Kier alpha value is -0.360. The first-order valence-corrected chi connectivity index (χ1v) is 8.07. The molecule has 2 N–H and O–H groups in total. The number of hydrogen-bond donors (Lipinski definition) is 2. The first-order chi connectivity index (χ1) is 9.27. The molecule has 1 heterocycles. The summed E-state index contributed by atoms with van der Waals surface area (Å²) in [4.78, 5) is 16.7. The highest BCUT2D eigenvalue weighted by atomic mass is 35.5. The predicted molar refractivity (Wildman–Crippen MR) is 93.2 cm³/mol. The third-order valence-electron chi connectivity index (χ3n) is 3.65. The smallest absolute Gasteiger partial charge is 0.263 e. The Bertz CT molecular complexity index is 407. The summed E-state index contributed by atoms with van der Waals surface area (Å²) >= 11 is 1.40. The minimum atomic E-state index is 0. The Labute approximate surface area is 143 Å². The van der Waals surface area contributed by atoms with Crippen LogP contribution in [0.15, 0.2) is 5.51 Å². The van der Waals surface area contributed by atoms with Crippen molar-refractivity contribution in [3.05, 3.63) is 16.1 Å². The van der Waals surface area contributed by atoms with E-state index in [1.807, 2.05) is 6.92 Å². The van der Waals surface area contributed by atoms with Crippen molar-refractivity contribution in [1.82, 2.24) is 15.6 Å². The summed E-state index contributed by atoms with van der Waals surface area (Å²) in [5.74, 6) is 0.00247. The zero-order chi connectivity index (χ0) is 13.5. The molecule has 0 unspecified atom stereocenters. The molecule has 0 radical (unpaired) electrons. The summed E-state index contributed by atoms with van der Waals surface area (Å²) < 4.78 is 0. The molecule has 1 aromatic rings. The van der Waals surface area contributed by atoms with Crippen LogP contribution in [0.5, 0.6) is 0 Å². The van der Waals surface area contributed by atoms with Gasteiger partial charge in [-0.1, -0.05) is 25.7 Å². The minimum absolute atomic E-state index is 0. The van der Waals surface area contributed by atoms with Gasteiger partial charge in [-0.2, -0.15) is 0 Å². The molecule has 7 heteroatoms. The molecule has 0 bridgehead atoms. The van der Waals surface area contributed by atoms with E-state index in [-0.39, 0.29) is 30.7 Å². The molecule has 1 aliphatic carbocycles. The number of nitrogens with zero attached hydrogens (tertiary/aromatic N) is 1. The second-order valence-electron chi connectivity index (χ2n) is 5.17. The number of thiazole rings is 1. The van der Waals surface area contributed by atoms with Gasteiger partial charge in [-0.15, -0.1) is 36.2 Å². The SMILES string of the molecule is Cc1ncsc1C(=O)NCCNC1CCCCCC1.Cl.Cl. The molecule has 1 aliphatic rings. The molecule has 1 amide bonds. The van der Waals surface area contributed by atoms with Crippen molar-refractivity contribution in [3.63, 3.8) is 0 Å². The quantitative estimate of drug-likeness (QED) is 0.630. The fourth-order valence-electron chi connectivity index (χ4n) is 2.54. The van der Waals surface area contributed by atoms with Gasteiger partial charge in [-0.05, 0) is 19.8 Å². The maximum absolute atomic E-state index is 11.9. The van der Waals surface area contributed by atoms with Crippen molar-refractivity contribution in [1.29, 1.82) is 0 Å². The molecule has 1 saturated carbocycles. The number of rotatable bonds is 5. The molecule has 122 valence electrons. The Morgan fingerprint density at radius 3 is 2.48 bits per heavy atom. The van der Waals surface area contributed by atoms with Gasteiger partial charge in [0, 0.05) is 19.1 Å². The average molecular weight is 354 g/mol. The largest absolute Gasteiger partial charge is 0.350 e. The fraction of sp³-hybridized carbons (Fsp3) is 0.714. The highest BCUT2D eigenvalue weighted by molar-refractivity contribution is 7.11. The summed E-state index contributed by atoms with van der Waals surface area (Å²) in [6.45, 7) is 3.41. The maximum atomic E-state index is 11.9. The Morgan fingerprint density at radius 1 is 1.24 bits per heavy atom. The Morgan fingerprint density at radius 2 is 1.90 bits per heavy atom. The van der Waals surface area contributed by atoms with Crippen molar-refractivity contribution in [2.24, 2.45) is 0 Å². The van der Waals surface area contributed by atoms with Gasteiger partial charge < -0.3 is 10.6 Å². The lowest BCUT2D eigenvalue weighted by Crippen LogP contribution is -2.36. The minimum Gasteiger partial charge on any atom is -0.350 e. The van der Waals surface area contributed by atoms with E-state index in [2.05, 4.69) is 15.6 Å². The number of aromatic nitrogens is 1. The molecule has 2 rings (SSSR count). The van der Waals surface area contributed by atoms with E-state index in [0.717, 1.165) is 17.1 Å². The van der Waals surface area contributed by atoms with Crippen LogP contribution in [-0.4, -0.2) is 30.0 Å². The van der Waals surface area contributed by atoms with Gasteiger partial charge >= 0.3 is 0 Å². The first kappa shape index (κ1) is 20.6. The van der Waals surface area contributed by atoms with Crippen LogP contribution in [0, 0.1) is 6.92 Å². The van der Waals surface area contributed by atoms with Crippen molar-refractivity contribution in [2.45, 2.75) is 51.5 Å². The zero-order valence-corrected chi connectivity index (χ0v) is 14.8. The highest BCUT2D eigenvalue weighted by Crippen LogP contribution is 2.16. The van der Waals surface area contributed by atoms with Crippen LogP contribution in [0.25, 0.3) is 0 Å². The highest BCUT2D eigenvalue weighted by Gasteiger charge is 2.12. The molecule has 0 saturated heterocycles. The van der Waals surface area contributed by atoms with Crippen molar-refractivity contribution >= 4 is 42.1 Å². The van der Waals surface area contributed by atoms with Crippen molar-refractivity contribution < 1.29 is 4.79 Å². The molecule has 1 aromatic heterocycles. The first-order valence-electron chi connectivity index (χ1n) is 7.19. The van der Waals surface area contributed by atoms with Crippen LogP contribution < -0.4 is 10.6 Å². The van der Waals surface area contributed by atoms with Crippen molar-refractivity contribution in [3.8, 4) is 0 Å². The third-order valence-corrected chi connectivity index (χ3v) is 4.58. The van der Waals surface area contributed by atoms with E-state index in [0.29, 0.717) is 12.6 Å². The monoisotopic (exact) mass is 353 g/mol. The lowest BCUT2D eigenvalue weighted by atomic mass is 10.1. The molecule has 0 aliphatic heterocycles. The molecule has 1 fully saturated rings. The average Bonchev–Trinajstić information content (AvgIpc) is 2.68. The molecule has 0 atom stereocenters. The number of hydrogen-bond acceptors (Lipinski definition) is 4. The predicted octanol–water partition coefficient (Wildman–Crippen LogP) is 3.34. The van der Waals surface area contributed by atoms with E-state index in [4.69, 9.17) is 0 Å². The number of carbonyl (C=O) groups excluding carboxylic acids is 1. The van der Waals surface area contributed by atoms with Gasteiger partial charge in [-0.3, -0.25) is 4.79 Å². The lowest BCUT2D eigenvalue weighted by molar-refractivity contribution is 0.0956. The van der Waals surface area contributed by atoms with E-state index in [9.17, 15) is 4.79 Å². The molecule has 0 spiro atoms. The van der Waals surface area contributed by atoms with E-state index < -0.39 is 0 Å². The summed E-state index contributed by atoms with van der Waals surface area (Å²) in [6.07, 6.45) is 7.98. The standard InChI is InChI=1S/C14H23N3OS.2ClH/c1-11-13(19-10-17-11)14(18)16-9-8-15-12-6-4-2-3-5-7-12;;/h10,12,15H,2-9H2,1H3,(H,16,18);2*1H. The molecule has 0 aromatic carbocycles. The van der Waals surface area contributed by atoms with E-state index in [1.165, 1.54) is 49.9 Å². The Balaban J connectivity index is 0.00000200. The topological polar surface area (TPSA) is 54.0 Å². The number of amides is 1. The van der Waals surface area contributed by atoms with Gasteiger partial charge in [0.1, 0.15) is 4.88 Å².